The smallest absolute Gasteiger partial charge is 0.407 e. The quantitative estimate of drug-likeness (QED) is 0.747. The van der Waals surface area contributed by atoms with Crippen LogP contribution in [0.3, 0.4) is 0 Å². The number of aromatic nitrogens is 1. The molecule has 1 aliphatic heterocycles. The second-order valence-corrected chi connectivity index (χ2v) is 4.55. The van der Waals surface area contributed by atoms with Crippen LogP contribution in [0.4, 0.5) is 16.3 Å². The summed E-state index contributed by atoms with van der Waals surface area (Å²) in [6.45, 7) is 3.58. The Morgan fingerprint density at radius 3 is 3.21 bits per heavy atom. The van der Waals surface area contributed by atoms with E-state index in [1.165, 1.54) is 4.90 Å². The van der Waals surface area contributed by atoms with E-state index in [0.29, 0.717) is 37.7 Å². The molecular formula is C12H18N4O3. The van der Waals surface area contributed by atoms with Crippen molar-refractivity contribution in [3.05, 3.63) is 17.8 Å². The lowest BCUT2D eigenvalue weighted by Crippen LogP contribution is -2.47. The Morgan fingerprint density at radius 1 is 1.74 bits per heavy atom. The normalized spacial score (nSPS) is 19.2. The third-order valence-corrected chi connectivity index (χ3v) is 2.96. The molecular weight excluding hydrogens is 248 g/mol. The second-order valence-electron chi connectivity index (χ2n) is 4.55. The number of nitrogens with zero attached hydrogens (tertiary/aromatic N) is 2. The lowest BCUT2D eigenvalue weighted by Gasteiger charge is -2.31. The molecule has 0 bridgehead atoms. The molecule has 104 valence electrons. The van der Waals surface area contributed by atoms with E-state index in [1.54, 1.807) is 6.20 Å². The molecule has 7 nitrogen and oxygen atoms in total. The maximum atomic E-state index is 10.9. The topological polar surface area (TPSA) is 101 Å². The average Bonchev–Trinajstić information content (AvgIpc) is 2.38. The van der Waals surface area contributed by atoms with E-state index < -0.39 is 6.09 Å². The first kappa shape index (κ1) is 13.4. The average molecular weight is 266 g/mol. The molecule has 0 radical (unpaired) electrons. The summed E-state index contributed by atoms with van der Waals surface area (Å²) in [5, 5.41) is 12.0. The summed E-state index contributed by atoms with van der Waals surface area (Å²) in [4.78, 5) is 16.4. The van der Waals surface area contributed by atoms with Crippen molar-refractivity contribution < 1.29 is 14.6 Å². The Balaban J connectivity index is 1.89. The van der Waals surface area contributed by atoms with Gasteiger partial charge < -0.3 is 25.8 Å². The molecule has 1 fully saturated rings. The van der Waals surface area contributed by atoms with E-state index in [-0.39, 0.29) is 6.10 Å². The highest BCUT2D eigenvalue weighted by Crippen LogP contribution is 2.16. The summed E-state index contributed by atoms with van der Waals surface area (Å²) in [5.41, 5.74) is 7.41. The molecule has 1 aromatic rings. The molecule has 2 rings (SSSR count). The predicted molar refractivity (Wildman–Crippen MR) is 71.2 cm³/mol. The molecule has 7 heteroatoms. The Kier molecular flexibility index (Phi) is 4.06. The van der Waals surface area contributed by atoms with Crippen molar-refractivity contribution in [2.45, 2.75) is 13.0 Å². The molecule has 0 aromatic carbocycles. The van der Waals surface area contributed by atoms with Crippen LogP contribution in [0.25, 0.3) is 0 Å². The summed E-state index contributed by atoms with van der Waals surface area (Å²) in [5.74, 6) is 0.599. The summed E-state index contributed by atoms with van der Waals surface area (Å²) in [6.07, 6.45) is 0.623. The number of anilines is 2. The summed E-state index contributed by atoms with van der Waals surface area (Å²) in [6, 6.07) is 1.83. The zero-order valence-corrected chi connectivity index (χ0v) is 10.8. The highest BCUT2D eigenvalue weighted by molar-refractivity contribution is 5.65. The molecule has 19 heavy (non-hydrogen) atoms. The predicted octanol–water partition coefficient (Wildman–Crippen LogP) is 0.763. The first-order valence-corrected chi connectivity index (χ1v) is 6.11. The van der Waals surface area contributed by atoms with Crippen LogP contribution in [-0.2, 0) is 4.74 Å². The van der Waals surface area contributed by atoms with Gasteiger partial charge in [-0.15, -0.1) is 0 Å². The maximum Gasteiger partial charge on any atom is 0.407 e. The molecule has 1 aliphatic rings. The number of nitrogen functional groups attached to an aromatic ring is 1. The lowest BCUT2D eigenvalue weighted by atomic mass is 10.2. The number of hydrogen-bond acceptors (Lipinski definition) is 5. The number of carbonyl (C=O) groups is 1. The first-order chi connectivity index (χ1) is 9.06. The summed E-state index contributed by atoms with van der Waals surface area (Å²) >= 11 is 0. The third kappa shape index (κ3) is 3.47. The van der Waals surface area contributed by atoms with Gasteiger partial charge in [0.25, 0.3) is 0 Å². The minimum absolute atomic E-state index is 0.188. The Hall–Kier alpha value is -2.02. The Morgan fingerprint density at radius 2 is 2.53 bits per heavy atom. The van der Waals surface area contributed by atoms with Crippen LogP contribution in [-0.4, -0.2) is 53.4 Å². The van der Waals surface area contributed by atoms with Gasteiger partial charge in [0.1, 0.15) is 5.82 Å². The van der Waals surface area contributed by atoms with Gasteiger partial charge in [-0.3, -0.25) is 0 Å². The zero-order valence-electron chi connectivity index (χ0n) is 10.8. The summed E-state index contributed by atoms with van der Waals surface area (Å²) < 4.78 is 5.51. The van der Waals surface area contributed by atoms with Gasteiger partial charge in [-0.1, -0.05) is 0 Å². The number of nitrogens with one attached hydrogen (secondary N) is 1. The molecule has 1 saturated heterocycles. The highest BCUT2D eigenvalue weighted by Gasteiger charge is 2.23. The van der Waals surface area contributed by atoms with E-state index >= 15 is 0 Å². The van der Waals surface area contributed by atoms with Gasteiger partial charge in [-0.05, 0) is 18.6 Å². The Bertz CT molecular complexity index is 466. The van der Waals surface area contributed by atoms with Gasteiger partial charge in [0.05, 0.1) is 24.9 Å². The second kappa shape index (κ2) is 5.75. The fourth-order valence-corrected chi connectivity index (χ4v) is 1.97. The van der Waals surface area contributed by atoms with E-state index in [4.69, 9.17) is 15.6 Å². The van der Waals surface area contributed by atoms with Crippen LogP contribution in [0.1, 0.15) is 5.56 Å². The number of carboxylic acid groups (broad SMARTS) is 1. The number of morpholine rings is 1. The maximum absolute atomic E-state index is 10.9. The number of pyridine rings is 1. The van der Waals surface area contributed by atoms with Crippen LogP contribution in [0, 0.1) is 6.92 Å². The molecule has 4 N–H and O–H groups in total. The van der Waals surface area contributed by atoms with Gasteiger partial charge in [0.2, 0.25) is 0 Å². The van der Waals surface area contributed by atoms with Crippen LogP contribution in [0.15, 0.2) is 12.3 Å². The third-order valence-electron chi connectivity index (χ3n) is 2.96. The van der Waals surface area contributed by atoms with Gasteiger partial charge in [0, 0.05) is 19.3 Å². The van der Waals surface area contributed by atoms with Gasteiger partial charge in [-0.2, -0.15) is 0 Å². The molecule has 1 amide bonds. The van der Waals surface area contributed by atoms with Crippen LogP contribution in [0.5, 0.6) is 0 Å². The monoisotopic (exact) mass is 266 g/mol. The number of rotatable bonds is 3. The number of amides is 1. The molecule has 0 unspecified atom stereocenters. The van der Waals surface area contributed by atoms with Crippen molar-refractivity contribution in [2.24, 2.45) is 0 Å². The van der Waals surface area contributed by atoms with Crippen molar-refractivity contribution in [3.8, 4) is 0 Å². The highest BCUT2D eigenvalue weighted by atomic mass is 16.5. The van der Waals surface area contributed by atoms with Crippen molar-refractivity contribution in [1.29, 1.82) is 0 Å². The molecule has 0 aliphatic carbocycles. The van der Waals surface area contributed by atoms with Crippen LogP contribution in [0.2, 0.25) is 0 Å². The van der Waals surface area contributed by atoms with Crippen LogP contribution >= 0.6 is 0 Å². The van der Waals surface area contributed by atoms with E-state index in [2.05, 4.69) is 10.3 Å². The van der Waals surface area contributed by atoms with Crippen LogP contribution < -0.4 is 11.1 Å². The van der Waals surface area contributed by atoms with E-state index in [1.807, 2.05) is 13.0 Å². The fraction of sp³-hybridized carbons (Fsp3) is 0.500. The molecule has 1 aromatic heterocycles. The molecule has 1 atom stereocenters. The Labute approximate surface area is 111 Å². The minimum atomic E-state index is -0.915. The van der Waals surface area contributed by atoms with Gasteiger partial charge in [0.15, 0.2) is 0 Å². The largest absolute Gasteiger partial charge is 0.465 e. The number of aryl methyl sites for hydroxylation is 1. The SMILES string of the molecule is Cc1cnc(NC[C@H]2CN(C(=O)O)CCO2)c(N)c1. The van der Waals surface area contributed by atoms with E-state index in [9.17, 15) is 4.79 Å². The number of hydrogen-bond donors (Lipinski definition) is 3. The van der Waals surface area contributed by atoms with Crippen molar-refractivity contribution >= 4 is 17.6 Å². The molecule has 2 heterocycles. The molecule has 0 spiro atoms. The number of ether oxygens (including phenoxy) is 1. The van der Waals surface area contributed by atoms with E-state index in [0.717, 1.165) is 5.56 Å². The minimum Gasteiger partial charge on any atom is -0.465 e. The molecule has 0 saturated carbocycles. The first-order valence-electron chi connectivity index (χ1n) is 6.11. The number of nitrogens with two attached hydrogens (primary N) is 1. The lowest BCUT2D eigenvalue weighted by molar-refractivity contribution is -0.0147. The van der Waals surface area contributed by atoms with Crippen molar-refractivity contribution in [2.75, 3.05) is 37.3 Å². The van der Waals surface area contributed by atoms with Gasteiger partial charge in [-0.25, -0.2) is 9.78 Å². The van der Waals surface area contributed by atoms with Gasteiger partial charge >= 0.3 is 6.09 Å². The fourth-order valence-electron chi connectivity index (χ4n) is 1.97. The van der Waals surface area contributed by atoms with Crippen molar-refractivity contribution in [1.82, 2.24) is 9.88 Å². The zero-order chi connectivity index (χ0) is 13.8. The summed E-state index contributed by atoms with van der Waals surface area (Å²) in [7, 11) is 0. The van der Waals surface area contributed by atoms with Crippen molar-refractivity contribution in [3.63, 3.8) is 0 Å². The standard InChI is InChI=1S/C12H18N4O3/c1-8-4-10(13)11(14-5-8)15-6-9-7-16(12(17)18)2-3-19-9/h4-5,9H,2-3,6-7,13H2,1H3,(H,14,15)(H,17,18)/t9-/m0/s1.